The second kappa shape index (κ2) is 4.26. The van der Waals surface area contributed by atoms with Crippen LogP contribution in [0.3, 0.4) is 0 Å². The van der Waals surface area contributed by atoms with E-state index in [4.69, 9.17) is 5.73 Å². The Morgan fingerprint density at radius 1 is 1.14 bits per heavy atom. The van der Waals surface area contributed by atoms with Crippen molar-refractivity contribution < 1.29 is 0 Å². The molecule has 2 N–H and O–H groups in total. The molecule has 0 saturated heterocycles. The second-order valence-electron chi connectivity index (χ2n) is 2.95. The number of thiophene rings is 1. The molecule has 3 heteroatoms. The largest absolute Gasteiger partial charge is 0.326 e. The van der Waals surface area contributed by atoms with Crippen molar-refractivity contribution in [3.8, 4) is 10.4 Å². The van der Waals surface area contributed by atoms with Gasteiger partial charge in [-0.15, -0.1) is 11.3 Å². The Balaban J connectivity index is 2.44. The molecule has 0 amide bonds. The Morgan fingerprint density at radius 2 is 1.93 bits per heavy atom. The summed E-state index contributed by atoms with van der Waals surface area (Å²) < 4.78 is 1.13. The second-order valence-corrected chi connectivity index (χ2v) is 4.97. The summed E-state index contributed by atoms with van der Waals surface area (Å²) in [5.41, 5.74) is 6.81. The summed E-state index contributed by atoms with van der Waals surface area (Å²) >= 11 is 5.28. The van der Waals surface area contributed by atoms with Gasteiger partial charge in [-0.05, 0) is 18.2 Å². The van der Waals surface area contributed by atoms with E-state index < -0.39 is 0 Å². The van der Waals surface area contributed by atoms with Crippen LogP contribution in [0.1, 0.15) is 4.88 Å². The lowest BCUT2D eigenvalue weighted by Gasteiger charge is -1.99. The van der Waals surface area contributed by atoms with E-state index in [2.05, 4.69) is 40.2 Å². The van der Waals surface area contributed by atoms with Crippen molar-refractivity contribution in [1.29, 1.82) is 0 Å². The molecule has 0 atom stereocenters. The normalized spacial score (nSPS) is 10.4. The molecular weight excluding hydrogens is 258 g/mol. The van der Waals surface area contributed by atoms with E-state index in [9.17, 15) is 0 Å². The first-order valence-corrected chi connectivity index (χ1v) is 5.96. The lowest BCUT2D eigenvalue weighted by atomic mass is 10.2. The van der Waals surface area contributed by atoms with Crippen LogP contribution < -0.4 is 5.73 Å². The summed E-state index contributed by atoms with van der Waals surface area (Å²) in [5.74, 6) is 0. The standard InChI is InChI=1S/C11H10BrNS/c12-10-4-2-1-3-9(10)11-6-5-8(7-13)14-11/h1-6H,7,13H2. The Kier molecular flexibility index (Phi) is 3.01. The van der Waals surface area contributed by atoms with Crippen molar-refractivity contribution in [1.82, 2.24) is 0 Å². The highest BCUT2D eigenvalue weighted by atomic mass is 79.9. The van der Waals surface area contributed by atoms with E-state index in [0.29, 0.717) is 6.54 Å². The Labute approximate surface area is 95.7 Å². The molecule has 2 rings (SSSR count). The molecule has 0 unspecified atom stereocenters. The van der Waals surface area contributed by atoms with Gasteiger partial charge in [0.2, 0.25) is 0 Å². The van der Waals surface area contributed by atoms with Crippen molar-refractivity contribution in [2.24, 2.45) is 5.73 Å². The van der Waals surface area contributed by atoms with Gasteiger partial charge < -0.3 is 5.73 Å². The Bertz CT molecular complexity index is 436. The van der Waals surface area contributed by atoms with Crippen molar-refractivity contribution in [3.63, 3.8) is 0 Å². The predicted octanol–water partition coefficient (Wildman–Crippen LogP) is 3.64. The van der Waals surface area contributed by atoms with Crippen LogP contribution in [0.15, 0.2) is 40.9 Å². The minimum atomic E-state index is 0.620. The highest BCUT2D eigenvalue weighted by molar-refractivity contribution is 9.10. The molecule has 0 saturated carbocycles. The zero-order valence-corrected chi connectivity index (χ0v) is 9.94. The first-order chi connectivity index (χ1) is 6.81. The number of hydrogen-bond acceptors (Lipinski definition) is 2. The van der Waals surface area contributed by atoms with E-state index in [-0.39, 0.29) is 0 Å². The Morgan fingerprint density at radius 3 is 2.57 bits per heavy atom. The molecule has 1 aromatic carbocycles. The third-order valence-corrected chi connectivity index (χ3v) is 3.83. The molecule has 0 bridgehead atoms. The maximum Gasteiger partial charge on any atom is 0.0357 e. The van der Waals surface area contributed by atoms with Crippen molar-refractivity contribution in [3.05, 3.63) is 45.7 Å². The van der Waals surface area contributed by atoms with Crippen molar-refractivity contribution >= 4 is 27.3 Å². The minimum Gasteiger partial charge on any atom is -0.326 e. The Hall–Kier alpha value is -0.640. The fraction of sp³-hybridized carbons (Fsp3) is 0.0909. The first kappa shape index (κ1) is 9.90. The number of halogens is 1. The molecule has 0 aliphatic carbocycles. The summed E-state index contributed by atoms with van der Waals surface area (Å²) in [4.78, 5) is 2.48. The molecule has 72 valence electrons. The first-order valence-electron chi connectivity index (χ1n) is 4.35. The fourth-order valence-electron chi connectivity index (χ4n) is 1.29. The predicted molar refractivity (Wildman–Crippen MR) is 65.3 cm³/mol. The van der Waals surface area contributed by atoms with Crippen LogP contribution in [-0.2, 0) is 6.54 Å². The van der Waals surface area contributed by atoms with E-state index in [0.717, 1.165) is 4.47 Å². The zero-order valence-electron chi connectivity index (χ0n) is 7.53. The van der Waals surface area contributed by atoms with Gasteiger partial charge in [0.25, 0.3) is 0 Å². The molecule has 0 aliphatic heterocycles. The van der Waals surface area contributed by atoms with Gasteiger partial charge in [-0.25, -0.2) is 0 Å². The molecule has 0 radical (unpaired) electrons. The fourth-order valence-corrected chi connectivity index (χ4v) is 2.85. The number of benzene rings is 1. The monoisotopic (exact) mass is 267 g/mol. The van der Waals surface area contributed by atoms with Gasteiger partial charge in [0.05, 0.1) is 0 Å². The van der Waals surface area contributed by atoms with Crippen LogP contribution in [-0.4, -0.2) is 0 Å². The molecule has 14 heavy (non-hydrogen) atoms. The highest BCUT2D eigenvalue weighted by Crippen LogP contribution is 2.33. The molecule has 1 aromatic heterocycles. The number of hydrogen-bond donors (Lipinski definition) is 1. The molecule has 1 nitrogen and oxygen atoms in total. The van der Waals surface area contributed by atoms with Gasteiger partial charge in [0.1, 0.15) is 0 Å². The van der Waals surface area contributed by atoms with Crippen LogP contribution in [0.4, 0.5) is 0 Å². The quantitative estimate of drug-likeness (QED) is 0.884. The van der Waals surface area contributed by atoms with Gasteiger partial charge in [-0.1, -0.05) is 34.1 Å². The average Bonchev–Trinajstić information content (AvgIpc) is 2.67. The SMILES string of the molecule is NCc1ccc(-c2ccccc2Br)s1. The van der Waals surface area contributed by atoms with E-state index in [1.165, 1.54) is 15.3 Å². The van der Waals surface area contributed by atoms with Crippen LogP contribution >= 0.6 is 27.3 Å². The van der Waals surface area contributed by atoms with Gasteiger partial charge in [0, 0.05) is 26.3 Å². The molecule has 0 spiro atoms. The molecule has 1 heterocycles. The summed E-state index contributed by atoms with van der Waals surface area (Å²) in [6.07, 6.45) is 0. The summed E-state index contributed by atoms with van der Waals surface area (Å²) in [6.45, 7) is 0.620. The number of rotatable bonds is 2. The zero-order chi connectivity index (χ0) is 9.97. The van der Waals surface area contributed by atoms with Crippen LogP contribution in [0.25, 0.3) is 10.4 Å². The molecule has 2 aromatic rings. The summed E-state index contributed by atoms with van der Waals surface area (Å²) in [7, 11) is 0. The maximum atomic E-state index is 5.58. The van der Waals surface area contributed by atoms with Crippen LogP contribution in [0.5, 0.6) is 0 Å². The van der Waals surface area contributed by atoms with Crippen molar-refractivity contribution in [2.45, 2.75) is 6.54 Å². The van der Waals surface area contributed by atoms with Crippen LogP contribution in [0.2, 0.25) is 0 Å². The van der Waals surface area contributed by atoms with Gasteiger partial charge in [0.15, 0.2) is 0 Å². The lowest BCUT2D eigenvalue weighted by Crippen LogP contribution is -1.90. The molecule has 0 fully saturated rings. The van der Waals surface area contributed by atoms with Crippen LogP contribution in [0, 0.1) is 0 Å². The van der Waals surface area contributed by atoms with Gasteiger partial charge >= 0.3 is 0 Å². The van der Waals surface area contributed by atoms with E-state index >= 15 is 0 Å². The van der Waals surface area contributed by atoms with E-state index in [1.54, 1.807) is 11.3 Å². The minimum absolute atomic E-state index is 0.620. The van der Waals surface area contributed by atoms with Gasteiger partial charge in [-0.2, -0.15) is 0 Å². The summed E-state index contributed by atoms with van der Waals surface area (Å²) in [6, 6.07) is 12.4. The lowest BCUT2D eigenvalue weighted by molar-refractivity contribution is 1.11. The average molecular weight is 268 g/mol. The van der Waals surface area contributed by atoms with E-state index in [1.807, 2.05) is 12.1 Å². The van der Waals surface area contributed by atoms with Gasteiger partial charge in [-0.3, -0.25) is 0 Å². The third-order valence-electron chi connectivity index (χ3n) is 2.00. The third kappa shape index (κ3) is 1.90. The number of nitrogens with two attached hydrogens (primary N) is 1. The highest BCUT2D eigenvalue weighted by Gasteiger charge is 2.04. The summed E-state index contributed by atoms with van der Waals surface area (Å²) in [5, 5.41) is 0. The molecule has 0 aliphatic rings. The molecular formula is C11H10BrNS. The smallest absolute Gasteiger partial charge is 0.0357 e. The van der Waals surface area contributed by atoms with Crippen molar-refractivity contribution in [2.75, 3.05) is 0 Å². The topological polar surface area (TPSA) is 26.0 Å². The maximum absolute atomic E-state index is 5.58.